The molecule has 0 N–H and O–H groups in total. The molecule has 1 aromatic carbocycles. The molecule has 3 aliphatic rings. The van der Waals surface area contributed by atoms with Crippen LogP contribution >= 0.6 is 0 Å². The van der Waals surface area contributed by atoms with Crippen molar-refractivity contribution in [2.24, 2.45) is 29.6 Å². The first kappa shape index (κ1) is 21.2. The highest BCUT2D eigenvalue weighted by Gasteiger charge is 2.38. The lowest BCUT2D eigenvalue weighted by Crippen LogP contribution is -2.34. The lowest BCUT2D eigenvalue weighted by molar-refractivity contribution is 0.0614. The first-order chi connectivity index (χ1) is 14.2. The quantitative estimate of drug-likeness (QED) is 0.468. The van der Waals surface area contributed by atoms with E-state index in [9.17, 15) is 4.39 Å². The molecule has 4 rings (SSSR count). The lowest BCUT2D eigenvalue weighted by atomic mass is 9.60. The van der Waals surface area contributed by atoms with Gasteiger partial charge in [0.25, 0.3) is 0 Å². The molecule has 0 amide bonds. The number of rotatable bonds is 6. The van der Waals surface area contributed by atoms with Crippen LogP contribution in [0.25, 0.3) is 0 Å². The molecule has 0 heterocycles. The zero-order valence-corrected chi connectivity index (χ0v) is 18.7. The smallest absolute Gasteiger partial charge is 0.165 e. The Bertz CT molecular complexity index is 648. The maximum absolute atomic E-state index is 14.1. The molecule has 2 heteroatoms. The number of methoxy groups -OCH3 is 1. The second-order valence-corrected chi connectivity index (χ2v) is 10.4. The first-order valence-electron chi connectivity index (χ1n) is 12.5. The Labute approximate surface area is 177 Å². The van der Waals surface area contributed by atoms with Gasteiger partial charge in [-0.3, -0.25) is 0 Å². The third-order valence-corrected chi connectivity index (χ3v) is 8.81. The van der Waals surface area contributed by atoms with Crippen LogP contribution in [-0.2, 0) is 0 Å². The molecular formula is C27H41FO. The number of unbranched alkanes of at least 4 members (excludes halogenated alkanes) is 1. The zero-order valence-electron chi connectivity index (χ0n) is 18.7. The fourth-order valence-corrected chi connectivity index (χ4v) is 7.07. The maximum Gasteiger partial charge on any atom is 0.165 e. The van der Waals surface area contributed by atoms with Crippen LogP contribution in [0.5, 0.6) is 5.75 Å². The predicted octanol–water partition coefficient (Wildman–Crippen LogP) is 8.13. The Hall–Kier alpha value is -1.05. The molecule has 3 saturated carbocycles. The Balaban J connectivity index is 1.26. The number of hydrogen-bond acceptors (Lipinski definition) is 1. The van der Waals surface area contributed by atoms with Gasteiger partial charge in [-0.2, -0.15) is 0 Å². The summed E-state index contributed by atoms with van der Waals surface area (Å²) < 4.78 is 19.2. The minimum Gasteiger partial charge on any atom is -0.494 e. The standard InChI is InChI=1S/C27H41FO/c1-3-4-5-19-6-7-24-17-23(13-12-22(24)16-19)20-8-10-21(11-9-20)25-14-15-27(29-2)26(28)18-25/h14-15,18-24H,3-13,16-17H2,1-2H3. The van der Waals surface area contributed by atoms with Crippen molar-refractivity contribution in [2.75, 3.05) is 7.11 Å². The van der Waals surface area contributed by atoms with E-state index >= 15 is 0 Å². The zero-order chi connectivity index (χ0) is 20.2. The summed E-state index contributed by atoms with van der Waals surface area (Å²) in [7, 11) is 1.54. The van der Waals surface area contributed by atoms with E-state index in [0.717, 1.165) is 29.6 Å². The summed E-state index contributed by atoms with van der Waals surface area (Å²) in [5.74, 6) is 5.69. The van der Waals surface area contributed by atoms with E-state index in [2.05, 4.69) is 13.0 Å². The van der Waals surface area contributed by atoms with Gasteiger partial charge in [0, 0.05) is 0 Å². The highest BCUT2D eigenvalue weighted by atomic mass is 19.1. The second-order valence-electron chi connectivity index (χ2n) is 10.4. The van der Waals surface area contributed by atoms with E-state index in [4.69, 9.17) is 4.74 Å². The summed E-state index contributed by atoms with van der Waals surface area (Å²) in [6.07, 6.45) is 18.5. The average molecular weight is 401 g/mol. The third kappa shape index (κ3) is 5.00. The van der Waals surface area contributed by atoms with Gasteiger partial charge in [-0.05, 0) is 111 Å². The summed E-state index contributed by atoms with van der Waals surface area (Å²) in [6, 6.07) is 5.59. The van der Waals surface area contributed by atoms with Gasteiger partial charge in [0.2, 0.25) is 0 Å². The number of hydrogen-bond donors (Lipinski definition) is 0. The molecule has 0 saturated heterocycles. The topological polar surface area (TPSA) is 9.23 Å². The van der Waals surface area contributed by atoms with Gasteiger partial charge >= 0.3 is 0 Å². The molecule has 0 aliphatic heterocycles. The van der Waals surface area contributed by atoms with E-state index in [1.54, 1.807) is 12.1 Å². The van der Waals surface area contributed by atoms with Crippen LogP contribution in [-0.4, -0.2) is 7.11 Å². The summed E-state index contributed by atoms with van der Waals surface area (Å²) >= 11 is 0. The van der Waals surface area contributed by atoms with Crippen molar-refractivity contribution in [3.63, 3.8) is 0 Å². The highest BCUT2D eigenvalue weighted by molar-refractivity contribution is 5.31. The molecule has 29 heavy (non-hydrogen) atoms. The summed E-state index contributed by atoms with van der Waals surface area (Å²) in [5.41, 5.74) is 1.18. The van der Waals surface area contributed by atoms with Gasteiger partial charge in [-0.25, -0.2) is 4.39 Å². The van der Waals surface area contributed by atoms with Gasteiger partial charge in [0.05, 0.1) is 7.11 Å². The van der Waals surface area contributed by atoms with Crippen LogP contribution in [0, 0.1) is 35.4 Å². The molecule has 3 fully saturated rings. The van der Waals surface area contributed by atoms with E-state index in [1.807, 2.05) is 0 Å². The maximum atomic E-state index is 14.1. The van der Waals surface area contributed by atoms with Crippen molar-refractivity contribution in [3.05, 3.63) is 29.6 Å². The summed E-state index contributed by atoms with van der Waals surface area (Å²) in [5, 5.41) is 0. The van der Waals surface area contributed by atoms with Crippen molar-refractivity contribution in [1.29, 1.82) is 0 Å². The Morgan fingerprint density at radius 1 is 0.862 bits per heavy atom. The summed E-state index contributed by atoms with van der Waals surface area (Å²) in [4.78, 5) is 0. The highest BCUT2D eigenvalue weighted by Crippen LogP contribution is 2.50. The lowest BCUT2D eigenvalue weighted by Gasteiger charge is -2.45. The van der Waals surface area contributed by atoms with Crippen LogP contribution < -0.4 is 4.74 Å². The second kappa shape index (κ2) is 9.84. The van der Waals surface area contributed by atoms with Crippen LogP contribution in [0.4, 0.5) is 4.39 Å². The molecule has 0 spiro atoms. The largest absolute Gasteiger partial charge is 0.494 e. The van der Waals surface area contributed by atoms with Crippen LogP contribution in [0.3, 0.4) is 0 Å². The van der Waals surface area contributed by atoms with Crippen molar-refractivity contribution >= 4 is 0 Å². The van der Waals surface area contributed by atoms with Gasteiger partial charge in [-0.1, -0.05) is 38.7 Å². The van der Waals surface area contributed by atoms with Crippen LogP contribution in [0.15, 0.2) is 18.2 Å². The molecule has 0 radical (unpaired) electrons. The van der Waals surface area contributed by atoms with Gasteiger partial charge < -0.3 is 4.74 Å². The number of halogens is 1. The number of ether oxygens (including phenoxy) is 1. The van der Waals surface area contributed by atoms with E-state index in [1.165, 1.54) is 96.1 Å². The minimum atomic E-state index is -0.208. The molecular weight excluding hydrogens is 359 g/mol. The molecule has 1 aromatic rings. The van der Waals surface area contributed by atoms with Crippen LogP contribution in [0.1, 0.15) is 102 Å². The minimum absolute atomic E-state index is 0.208. The van der Waals surface area contributed by atoms with E-state index < -0.39 is 0 Å². The summed E-state index contributed by atoms with van der Waals surface area (Å²) in [6.45, 7) is 2.33. The first-order valence-corrected chi connectivity index (χ1v) is 12.5. The molecule has 1 nitrogen and oxygen atoms in total. The van der Waals surface area contributed by atoms with Gasteiger partial charge in [0.15, 0.2) is 11.6 Å². The normalized spacial score (nSPS) is 35.1. The molecule has 0 aromatic heterocycles. The monoisotopic (exact) mass is 400 g/mol. The van der Waals surface area contributed by atoms with E-state index in [0.29, 0.717) is 11.7 Å². The van der Waals surface area contributed by atoms with Crippen molar-refractivity contribution in [2.45, 2.75) is 96.3 Å². The average Bonchev–Trinajstić information content (AvgIpc) is 2.77. The van der Waals surface area contributed by atoms with Crippen LogP contribution in [0.2, 0.25) is 0 Å². The molecule has 0 bridgehead atoms. The molecule has 3 aliphatic carbocycles. The molecule has 162 valence electrons. The van der Waals surface area contributed by atoms with Crippen molar-refractivity contribution in [1.82, 2.24) is 0 Å². The third-order valence-electron chi connectivity index (χ3n) is 8.81. The van der Waals surface area contributed by atoms with Crippen molar-refractivity contribution < 1.29 is 9.13 Å². The fourth-order valence-electron chi connectivity index (χ4n) is 7.07. The fraction of sp³-hybridized carbons (Fsp3) is 0.778. The van der Waals surface area contributed by atoms with Crippen molar-refractivity contribution in [3.8, 4) is 5.75 Å². The van der Waals surface area contributed by atoms with Gasteiger partial charge in [-0.15, -0.1) is 0 Å². The Kier molecular flexibility index (Phi) is 7.19. The Morgan fingerprint density at radius 3 is 2.21 bits per heavy atom. The predicted molar refractivity (Wildman–Crippen MR) is 119 cm³/mol. The van der Waals surface area contributed by atoms with E-state index in [-0.39, 0.29) is 5.82 Å². The Morgan fingerprint density at radius 2 is 1.52 bits per heavy atom. The van der Waals surface area contributed by atoms with Gasteiger partial charge in [0.1, 0.15) is 0 Å². The number of benzene rings is 1. The molecule has 4 unspecified atom stereocenters. The molecule has 4 atom stereocenters. The number of fused-ring (bicyclic) bond motifs is 1. The SMILES string of the molecule is CCCCC1CCC2CC(C3CCC(c4ccc(OC)c(F)c4)CC3)CCC2C1.